The van der Waals surface area contributed by atoms with E-state index in [1.54, 1.807) is 18.1 Å². The maximum Gasteiger partial charge on any atom is 0.270 e. The van der Waals surface area contributed by atoms with Crippen molar-refractivity contribution >= 4 is 28.6 Å². The molecular weight excluding hydrogens is 482 g/mol. The molecule has 1 aromatic heterocycles. The van der Waals surface area contributed by atoms with Crippen LogP contribution in [-0.2, 0) is 9.59 Å². The van der Waals surface area contributed by atoms with Crippen LogP contribution >= 0.6 is 0 Å². The third kappa shape index (κ3) is 6.66. The summed E-state index contributed by atoms with van der Waals surface area (Å²) in [6.07, 6.45) is 9.39. The van der Waals surface area contributed by atoms with Crippen LogP contribution in [0.25, 0.3) is 10.9 Å². The van der Waals surface area contributed by atoms with E-state index in [0.29, 0.717) is 37.4 Å². The summed E-state index contributed by atoms with van der Waals surface area (Å²) >= 11 is 0. The zero-order valence-electron chi connectivity index (χ0n) is 22.3. The number of rotatable bonds is 6. The number of benzene rings is 1. The first-order valence-electron chi connectivity index (χ1n) is 14.0. The number of piperidine rings is 1. The third-order valence-corrected chi connectivity index (χ3v) is 7.78. The van der Waals surface area contributed by atoms with Gasteiger partial charge in [0.2, 0.25) is 11.8 Å². The molecule has 0 aliphatic carbocycles. The van der Waals surface area contributed by atoms with Gasteiger partial charge >= 0.3 is 0 Å². The molecule has 2 aliphatic rings. The van der Waals surface area contributed by atoms with Crippen molar-refractivity contribution in [3.05, 3.63) is 30.0 Å². The van der Waals surface area contributed by atoms with E-state index < -0.39 is 12.1 Å². The second kappa shape index (κ2) is 13.3. The number of aromatic nitrogens is 1. The Balaban J connectivity index is 1.57. The second-order valence-electron chi connectivity index (χ2n) is 10.4. The fraction of sp³-hybridized carbons (Fsp3) is 0.586. The Morgan fingerprint density at radius 2 is 1.89 bits per heavy atom. The van der Waals surface area contributed by atoms with E-state index >= 15 is 0 Å². The van der Waals surface area contributed by atoms with Gasteiger partial charge in [-0.2, -0.15) is 5.26 Å². The van der Waals surface area contributed by atoms with Gasteiger partial charge in [-0.05, 0) is 50.3 Å². The van der Waals surface area contributed by atoms with Crippen molar-refractivity contribution in [2.75, 3.05) is 20.2 Å². The maximum atomic E-state index is 13.9. The van der Waals surface area contributed by atoms with E-state index in [1.165, 1.54) is 0 Å². The minimum absolute atomic E-state index is 0.0632. The molecule has 3 N–H and O–H groups in total. The third-order valence-electron chi connectivity index (χ3n) is 7.78. The van der Waals surface area contributed by atoms with Crippen LogP contribution in [0.15, 0.2) is 24.3 Å². The van der Waals surface area contributed by atoms with E-state index in [4.69, 9.17) is 4.74 Å². The number of nitrogens with one attached hydrogen (secondary N) is 3. The summed E-state index contributed by atoms with van der Waals surface area (Å²) in [6.45, 7) is 1.11. The van der Waals surface area contributed by atoms with E-state index in [1.807, 2.05) is 18.2 Å². The minimum atomic E-state index is -0.788. The van der Waals surface area contributed by atoms with E-state index in [-0.39, 0.29) is 30.1 Å². The van der Waals surface area contributed by atoms with Gasteiger partial charge in [0.25, 0.3) is 5.91 Å². The highest BCUT2D eigenvalue weighted by Gasteiger charge is 2.33. The number of nitriles is 1. The Labute approximate surface area is 224 Å². The Bertz CT molecular complexity index is 1170. The molecule has 2 aliphatic heterocycles. The molecule has 2 aromatic rings. The van der Waals surface area contributed by atoms with Gasteiger partial charge in [0.1, 0.15) is 23.5 Å². The summed E-state index contributed by atoms with van der Waals surface area (Å²) in [5.41, 5.74) is 1.20. The van der Waals surface area contributed by atoms with Crippen molar-refractivity contribution < 1.29 is 19.1 Å². The molecule has 3 atom stereocenters. The van der Waals surface area contributed by atoms with Crippen molar-refractivity contribution in [2.45, 2.75) is 82.7 Å². The van der Waals surface area contributed by atoms with E-state index in [0.717, 1.165) is 62.3 Å². The lowest BCUT2D eigenvalue weighted by Gasteiger charge is -2.32. The number of carbonyl (C=O) groups is 3. The second-order valence-corrected chi connectivity index (χ2v) is 10.4. The van der Waals surface area contributed by atoms with Crippen LogP contribution in [0.1, 0.15) is 81.1 Å². The lowest BCUT2D eigenvalue weighted by atomic mass is 9.92. The molecule has 204 valence electrons. The van der Waals surface area contributed by atoms with Crippen molar-refractivity contribution in [3.63, 3.8) is 0 Å². The van der Waals surface area contributed by atoms with Crippen molar-refractivity contribution in [2.24, 2.45) is 5.92 Å². The van der Waals surface area contributed by atoms with Crippen molar-refractivity contribution in [3.8, 4) is 11.8 Å². The normalized spacial score (nSPS) is 22.0. The van der Waals surface area contributed by atoms with Crippen molar-refractivity contribution in [1.82, 2.24) is 20.5 Å². The number of carbonyl (C=O) groups excluding carboxylic acids is 3. The van der Waals surface area contributed by atoms with Crippen LogP contribution in [0.5, 0.6) is 5.75 Å². The highest BCUT2D eigenvalue weighted by Crippen LogP contribution is 2.28. The van der Waals surface area contributed by atoms with E-state index in [2.05, 4.69) is 21.7 Å². The molecule has 2 saturated heterocycles. The fourth-order valence-electron chi connectivity index (χ4n) is 5.66. The minimum Gasteiger partial charge on any atom is -0.496 e. The van der Waals surface area contributed by atoms with Gasteiger partial charge in [-0.1, -0.05) is 44.6 Å². The number of aromatic amines is 1. The molecule has 0 saturated carbocycles. The first kappa shape index (κ1) is 27.5. The van der Waals surface area contributed by atoms with Crippen LogP contribution in [-0.4, -0.2) is 59.9 Å². The number of fused-ring (bicyclic) bond motifs is 1. The first-order valence-corrected chi connectivity index (χ1v) is 14.0. The Hall–Kier alpha value is -3.54. The molecule has 3 unspecified atom stereocenters. The molecule has 0 spiro atoms. The predicted molar refractivity (Wildman–Crippen MR) is 145 cm³/mol. The molecule has 0 bridgehead atoms. The number of hydrogen-bond donors (Lipinski definition) is 3. The summed E-state index contributed by atoms with van der Waals surface area (Å²) in [6, 6.07) is 8.09. The number of amides is 3. The number of hydrogen-bond acceptors (Lipinski definition) is 5. The van der Waals surface area contributed by atoms with Crippen LogP contribution in [0.2, 0.25) is 0 Å². The van der Waals surface area contributed by atoms with Gasteiger partial charge < -0.3 is 25.3 Å². The van der Waals surface area contributed by atoms with Crippen molar-refractivity contribution in [1.29, 1.82) is 5.26 Å². The van der Waals surface area contributed by atoms with E-state index in [9.17, 15) is 19.6 Å². The molecule has 9 heteroatoms. The average Bonchev–Trinajstić information content (AvgIpc) is 3.35. The van der Waals surface area contributed by atoms with Crippen LogP contribution in [0, 0.1) is 17.2 Å². The zero-order chi connectivity index (χ0) is 26.9. The summed E-state index contributed by atoms with van der Waals surface area (Å²) in [7, 11) is 1.60. The maximum absolute atomic E-state index is 13.9. The molecule has 38 heavy (non-hydrogen) atoms. The van der Waals surface area contributed by atoms with Crippen LogP contribution < -0.4 is 15.4 Å². The molecule has 9 nitrogen and oxygen atoms in total. The first-order chi connectivity index (χ1) is 18.5. The number of H-pyrrole nitrogens is 1. The molecule has 3 heterocycles. The largest absolute Gasteiger partial charge is 0.496 e. The van der Waals surface area contributed by atoms with Gasteiger partial charge in [-0.15, -0.1) is 0 Å². The molecule has 4 rings (SSSR count). The topological polar surface area (TPSA) is 127 Å². The zero-order valence-corrected chi connectivity index (χ0v) is 22.3. The fourth-order valence-corrected chi connectivity index (χ4v) is 5.66. The quantitative estimate of drug-likeness (QED) is 0.529. The van der Waals surface area contributed by atoms with Crippen LogP contribution in [0.3, 0.4) is 0 Å². The van der Waals surface area contributed by atoms with Gasteiger partial charge in [-0.25, -0.2) is 0 Å². The molecule has 1 aromatic carbocycles. The lowest BCUT2D eigenvalue weighted by molar-refractivity contribution is -0.129. The smallest absolute Gasteiger partial charge is 0.270 e. The van der Waals surface area contributed by atoms with Crippen LogP contribution in [0.4, 0.5) is 0 Å². The lowest BCUT2D eigenvalue weighted by Crippen LogP contribution is -2.52. The average molecular weight is 522 g/mol. The standard InChI is InChI=1S/C29H39N5O4/c1-38-26-14-9-12-23-22(26)18-24(33-23)29(37)34-16-8-6-4-2-3-5-7-13-25(34)28(36)32-21(19-30)17-20-11-10-15-31-27(20)35/h9,12,14,18,20-21,25,33H,2-8,10-11,13,15-17H2,1H3,(H,31,35)(H,32,36). The summed E-state index contributed by atoms with van der Waals surface area (Å²) in [5, 5.41) is 16.3. The summed E-state index contributed by atoms with van der Waals surface area (Å²) in [5.74, 6) is -0.239. The number of methoxy groups -OCH3 is 1. The Morgan fingerprint density at radius 3 is 2.63 bits per heavy atom. The molecule has 2 fully saturated rings. The number of nitrogens with zero attached hydrogens (tertiary/aromatic N) is 2. The van der Waals surface area contributed by atoms with Gasteiger partial charge in [0.05, 0.1) is 13.2 Å². The summed E-state index contributed by atoms with van der Waals surface area (Å²) < 4.78 is 5.46. The van der Waals surface area contributed by atoms with Gasteiger partial charge in [-0.3, -0.25) is 14.4 Å². The molecule has 0 radical (unpaired) electrons. The molecular formula is C29H39N5O4. The highest BCUT2D eigenvalue weighted by atomic mass is 16.5. The van der Waals surface area contributed by atoms with Gasteiger partial charge in [0, 0.05) is 29.9 Å². The predicted octanol–water partition coefficient (Wildman–Crippen LogP) is 4.05. The van der Waals surface area contributed by atoms with Gasteiger partial charge in [0.15, 0.2) is 0 Å². The highest BCUT2D eigenvalue weighted by molar-refractivity contribution is 6.01. The number of ether oxygens (including phenoxy) is 1. The SMILES string of the molecule is COc1cccc2[nH]c(C(=O)N3CCCCCCCCCC3C(=O)NC(C#N)CC3CCCNC3=O)cc12. The molecule has 3 amide bonds. The summed E-state index contributed by atoms with van der Waals surface area (Å²) in [4.78, 5) is 44.7. The Morgan fingerprint density at radius 1 is 1.13 bits per heavy atom. The Kier molecular flexibility index (Phi) is 9.63. The monoisotopic (exact) mass is 521 g/mol.